The first-order valence-electron chi connectivity index (χ1n) is 6.35. The molecule has 1 saturated carbocycles. The second-order valence-electron chi connectivity index (χ2n) is 6.45. The Hall–Kier alpha value is -0.350. The molecule has 0 aliphatic heterocycles. The molecule has 104 valence electrons. The monoisotopic (exact) mass is 387 g/mol. The Labute approximate surface area is 131 Å². The molecule has 0 atom stereocenters. The van der Waals surface area contributed by atoms with Gasteiger partial charge in [0.05, 0.1) is 5.69 Å². The maximum atomic E-state index is 12.5. The normalized spacial score (nSPS) is 20.2. The first-order chi connectivity index (χ1) is 8.59. The van der Waals surface area contributed by atoms with Crippen LogP contribution in [-0.4, -0.2) is 5.91 Å². The number of hydrogen-bond donors (Lipinski definition) is 1. The van der Waals surface area contributed by atoms with E-state index < -0.39 is 0 Å². The molecule has 0 aromatic heterocycles. The summed E-state index contributed by atoms with van der Waals surface area (Å²) in [6.45, 7) is 10.6. The van der Waals surface area contributed by atoms with E-state index in [1.54, 1.807) is 0 Å². The van der Waals surface area contributed by atoms with Gasteiger partial charge in [-0.15, -0.1) is 0 Å². The zero-order valence-corrected chi connectivity index (χ0v) is 15.1. The fourth-order valence-corrected chi connectivity index (χ4v) is 4.45. The fraction of sp³-hybridized carbons (Fsp3) is 0.533. The molecule has 2 nitrogen and oxygen atoms in total. The summed E-state index contributed by atoms with van der Waals surface area (Å²) in [5.41, 5.74) is 2.04. The average Bonchev–Trinajstić information content (AvgIpc) is 2.63. The van der Waals surface area contributed by atoms with Gasteiger partial charge in [-0.1, -0.05) is 43.6 Å². The topological polar surface area (TPSA) is 29.1 Å². The molecule has 1 aromatic rings. The fourth-order valence-electron chi connectivity index (χ4n) is 2.91. The lowest BCUT2D eigenvalue weighted by Crippen LogP contribution is -2.18. The van der Waals surface area contributed by atoms with Crippen LogP contribution in [0.15, 0.2) is 21.1 Å². The molecular formula is C15H19Br2NO. The van der Waals surface area contributed by atoms with Crippen molar-refractivity contribution >= 4 is 43.5 Å². The van der Waals surface area contributed by atoms with Gasteiger partial charge in [0.25, 0.3) is 0 Å². The molecule has 1 N–H and O–H groups in total. The van der Waals surface area contributed by atoms with Crippen LogP contribution in [0.25, 0.3) is 0 Å². The van der Waals surface area contributed by atoms with Crippen molar-refractivity contribution in [3.05, 3.63) is 26.6 Å². The van der Waals surface area contributed by atoms with Gasteiger partial charge in [0.1, 0.15) is 0 Å². The zero-order valence-electron chi connectivity index (χ0n) is 11.9. The molecule has 0 heterocycles. The number of aryl methyl sites for hydroxylation is 1. The van der Waals surface area contributed by atoms with E-state index in [4.69, 9.17) is 0 Å². The van der Waals surface area contributed by atoms with Gasteiger partial charge in [-0.25, -0.2) is 0 Å². The zero-order chi connectivity index (χ0) is 14.6. The van der Waals surface area contributed by atoms with Crippen molar-refractivity contribution in [1.29, 1.82) is 0 Å². The predicted molar refractivity (Wildman–Crippen MR) is 86.3 cm³/mol. The van der Waals surface area contributed by atoms with Crippen LogP contribution in [-0.2, 0) is 4.79 Å². The highest BCUT2D eigenvalue weighted by Crippen LogP contribution is 2.68. The second-order valence-corrected chi connectivity index (χ2v) is 8.22. The number of halogens is 2. The third-order valence-corrected chi connectivity index (χ3v) is 5.87. The molecule has 1 amide bonds. The number of hydrogen-bond acceptors (Lipinski definition) is 1. The summed E-state index contributed by atoms with van der Waals surface area (Å²) >= 11 is 6.96. The number of amides is 1. The highest BCUT2D eigenvalue weighted by atomic mass is 79.9. The van der Waals surface area contributed by atoms with Gasteiger partial charge in [0.15, 0.2) is 0 Å². The Morgan fingerprint density at radius 3 is 2.11 bits per heavy atom. The maximum Gasteiger partial charge on any atom is 0.228 e. The Balaban J connectivity index is 2.23. The van der Waals surface area contributed by atoms with Gasteiger partial charge in [0.2, 0.25) is 5.91 Å². The molecule has 1 aromatic carbocycles. The average molecular weight is 389 g/mol. The van der Waals surface area contributed by atoms with Gasteiger partial charge < -0.3 is 5.32 Å². The number of carbonyl (C=O) groups is 1. The molecule has 0 spiro atoms. The molecule has 0 bridgehead atoms. The van der Waals surface area contributed by atoms with Crippen molar-refractivity contribution in [1.82, 2.24) is 0 Å². The predicted octanol–water partition coefficient (Wildman–Crippen LogP) is 5.14. The summed E-state index contributed by atoms with van der Waals surface area (Å²) in [5, 5.41) is 3.07. The van der Waals surface area contributed by atoms with E-state index >= 15 is 0 Å². The standard InChI is InChI=1S/C15H19Br2NO/c1-8-6-9(16)7-10(17)11(8)18-13(19)12-14(2,3)15(12,4)5/h6-7,12H,1-5H3,(H,18,19). The molecule has 1 aliphatic carbocycles. The van der Waals surface area contributed by atoms with E-state index in [1.165, 1.54) is 0 Å². The van der Waals surface area contributed by atoms with Crippen molar-refractivity contribution in [3.8, 4) is 0 Å². The smallest absolute Gasteiger partial charge is 0.228 e. The number of rotatable bonds is 2. The van der Waals surface area contributed by atoms with Gasteiger partial charge >= 0.3 is 0 Å². The van der Waals surface area contributed by atoms with Crippen LogP contribution in [0, 0.1) is 23.7 Å². The van der Waals surface area contributed by atoms with E-state index in [2.05, 4.69) is 64.9 Å². The number of benzene rings is 1. The van der Waals surface area contributed by atoms with Gasteiger partial charge in [0, 0.05) is 14.9 Å². The molecule has 0 saturated heterocycles. The number of carbonyl (C=O) groups excluding carboxylic acids is 1. The first kappa shape index (κ1) is 15.0. The Bertz CT molecular complexity index is 512. The van der Waals surface area contributed by atoms with Crippen LogP contribution in [0.3, 0.4) is 0 Å². The highest BCUT2D eigenvalue weighted by molar-refractivity contribution is 9.11. The van der Waals surface area contributed by atoms with E-state index in [-0.39, 0.29) is 22.7 Å². The SMILES string of the molecule is Cc1cc(Br)cc(Br)c1NC(=O)C1C(C)(C)C1(C)C. The molecule has 0 unspecified atom stereocenters. The molecule has 1 aliphatic rings. The minimum atomic E-state index is 0.0623. The Morgan fingerprint density at radius 2 is 1.68 bits per heavy atom. The molecule has 2 rings (SSSR count). The molecule has 4 heteroatoms. The summed E-state index contributed by atoms with van der Waals surface area (Å²) in [4.78, 5) is 12.5. The summed E-state index contributed by atoms with van der Waals surface area (Å²) in [6, 6.07) is 3.95. The molecular weight excluding hydrogens is 370 g/mol. The minimum Gasteiger partial charge on any atom is -0.325 e. The molecule has 1 fully saturated rings. The summed E-state index contributed by atoms with van der Waals surface area (Å²) in [5.74, 6) is 0.177. The minimum absolute atomic E-state index is 0.0623. The van der Waals surface area contributed by atoms with Crippen molar-refractivity contribution in [2.45, 2.75) is 34.6 Å². The quantitative estimate of drug-likeness (QED) is 0.746. The largest absolute Gasteiger partial charge is 0.325 e. The summed E-state index contributed by atoms with van der Waals surface area (Å²) in [6.07, 6.45) is 0. The van der Waals surface area contributed by atoms with Crippen LogP contribution < -0.4 is 5.32 Å². The van der Waals surface area contributed by atoms with Crippen molar-refractivity contribution in [2.24, 2.45) is 16.7 Å². The van der Waals surface area contributed by atoms with Gasteiger partial charge in [-0.3, -0.25) is 4.79 Å². The van der Waals surface area contributed by atoms with Crippen LogP contribution >= 0.6 is 31.9 Å². The summed E-state index contributed by atoms with van der Waals surface area (Å²) in [7, 11) is 0. The summed E-state index contributed by atoms with van der Waals surface area (Å²) < 4.78 is 1.91. The van der Waals surface area contributed by atoms with Crippen LogP contribution in [0.2, 0.25) is 0 Å². The van der Waals surface area contributed by atoms with E-state index in [0.29, 0.717) is 0 Å². The lowest BCUT2D eigenvalue weighted by molar-refractivity contribution is -0.118. The van der Waals surface area contributed by atoms with Crippen molar-refractivity contribution in [3.63, 3.8) is 0 Å². The van der Waals surface area contributed by atoms with Crippen LogP contribution in [0.5, 0.6) is 0 Å². The van der Waals surface area contributed by atoms with Gasteiger partial charge in [-0.2, -0.15) is 0 Å². The Kier molecular flexibility index (Phi) is 3.63. The first-order valence-corrected chi connectivity index (χ1v) is 7.94. The molecule has 19 heavy (non-hydrogen) atoms. The van der Waals surface area contributed by atoms with Crippen LogP contribution in [0.4, 0.5) is 5.69 Å². The van der Waals surface area contributed by atoms with Crippen molar-refractivity contribution in [2.75, 3.05) is 5.32 Å². The van der Waals surface area contributed by atoms with E-state index in [1.807, 2.05) is 19.1 Å². The van der Waals surface area contributed by atoms with E-state index in [0.717, 1.165) is 20.2 Å². The Morgan fingerprint density at radius 1 is 1.16 bits per heavy atom. The third-order valence-electron chi connectivity index (χ3n) is 4.78. The van der Waals surface area contributed by atoms with Crippen LogP contribution in [0.1, 0.15) is 33.3 Å². The number of anilines is 1. The van der Waals surface area contributed by atoms with E-state index in [9.17, 15) is 4.79 Å². The second kappa shape index (κ2) is 4.59. The van der Waals surface area contributed by atoms with Crippen molar-refractivity contribution < 1.29 is 4.79 Å². The number of nitrogens with one attached hydrogen (secondary N) is 1. The molecule has 0 radical (unpaired) electrons. The lowest BCUT2D eigenvalue weighted by Gasteiger charge is -2.12. The van der Waals surface area contributed by atoms with Gasteiger partial charge in [-0.05, 0) is 51.4 Å². The third kappa shape index (κ3) is 2.38. The lowest BCUT2D eigenvalue weighted by atomic mass is 10.0. The maximum absolute atomic E-state index is 12.5. The highest BCUT2D eigenvalue weighted by Gasteiger charge is 2.68.